The lowest BCUT2D eigenvalue weighted by atomic mass is 10.0. The van der Waals surface area contributed by atoms with Gasteiger partial charge in [-0.2, -0.15) is 5.10 Å². The summed E-state index contributed by atoms with van der Waals surface area (Å²) in [6.45, 7) is 7.13. The van der Waals surface area contributed by atoms with Crippen molar-refractivity contribution in [3.8, 4) is 28.3 Å². The van der Waals surface area contributed by atoms with E-state index in [2.05, 4.69) is 86.1 Å². The predicted octanol–water partition coefficient (Wildman–Crippen LogP) is 6.20. The maximum absolute atomic E-state index is 5.30. The van der Waals surface area contributed by atoms with Crippen molar-refractivity contribution in [1.29, 1.82) is 0 Å². The normalized spacial score (nSPS) is 10.9. The lowest BCUT2D eigenvalue weighted by molar-refractivity contribution is 0.414. The molecule has 0 unspecified atom stereocenters. The van der Waals surface area contributed by atoms with Crippen molar-refractivity contribution in [2.24, 2.45) is 0 Å². The second-order valence-corrected chi connectivity index (χ2v) is 7.57. The summed E-state index contributed by atoms with van der Waals surface area (Å²) in [4.78, 5) is 0. The fourth-order valence-electron chi connectivity index (χ4n) is 3.79. The van der Waals surface area contributed by atoms with Gasteiger partial charge in [0.25, 0.3) is 0 Å². The molecule has 0 bridgehead atoms. The third-order valence-electron chi connectivity index (χ3n) is 5.26. The van der Waals surface area contributed by atoms with Crippen LogP contribution in [0.1, 0.15) is 22.3 Å². The largest absolute Gasteiger partial charge is 0.497 e. The molecule has 4 aromatic rings. The minimum atomic E-state index is 0.708. The summed E-state index contributed by atoms with van der Waals surface area (Å²) in [7, 11) is 1.69. The van der Waals surface area contributed by atoms with Crippen molar-refractivity contribution in [2.45, 2.75) is 27.3 Å². The highest BCUT2D eigenvalue weighted by atomic mass is 16.5. The third-order valence-corrected chi connectivity index (χ3v) is 5.26. The molecule has 3 nitrogen and oxygen atoms in total. The minimum absolute atomic E-state index is 0.708. The van der Waals surface area contributed by atoms with Crippen molar-refractivity contribution in [3.05, 3.63) is 95.1 Å². The number of aromatic nitrogens is 2. The SMILES string of the molecule is COc1ccc(Cn2nc(-c3cccc(C)c3)c(C)c2-c2cccc(C)c2)cc1. The number of rotatable bonds is 5. The Morgan fingerprint density at radius 1 is 0.793 bits per heavy atom. The first kappa shape index (κ1) is 19.0. The van der Waals surface area contributed by atoms with Gasteiger partial charge in [0, 0.05) is 16.7 Å². The Kier molecular flexibility index (Phi) is 5.22. The zero-order valence-corrected chi connectivity index (χ0v) is 17.4. The Bertz CT molecular complexity index is 1140. The van der Waals surface area contributed by atoms with Crippen LogP contribution in [0.2, 0.25) is 0 Å². The molecule has 3 heteroatoms. The molecule has 0 amide bonds. The van der Waals surface area contributed by atoms with E-state index in [1.165, 1.54) is 33.5 Å². The summed E-state index contributed by atoms with van der Waals surface area (Å²) < 4.78 is 7.42. The number of aryl methyl sites for hydroxylation is 2. The van der Waals surface area contributed by atoms with Gasteiger partial charge in [0.2, 0.25) is 0 Å². The topological polar surface area (TPSA) is 27.1 Å². The Labute approximate surface area is 172 Å². The van der Waals surface area contributed by atoms with E-state index in [1.54, 1.807) is 7.11 Å². The number of nitrogens with zero attached hydrogens (tertiary/aromatic N) is 2. The van der Waals surface area contributed by atoms with Crippen molar-refractivity contribution in [3.63, 3.8) is 0 Å². The van der Waals surface area contributed by atoms with E-state index in [1.807, 2.05) is 12.1 Å². The van der Waals surface area contributed by atoms with Crippen LogP contribution in [0.4, 0.5) is 0 Å². The van der Waals surface area contributed by atoms with Crippen molar-refractivity contribution in [1.82, 2.24) is 9.78 Å². The average molecular weight is 383 g/mol. The molecule has 1 aromatic heterocycles. The molecule has 0 aliphatic rings. The molecule has 0 saturated carbocycles. The molecule has 146 valence electrons. The maximum Gasteiger partial charge on any atom is 0.118 e. The highest BCUT2D eigenvalue weighted by molar-refractivity contribution is 5.74. The molecule has 0 N–H and O–H groups in total. The van der Waals surface area contributed by atoms with Crippen LogP contribution in [-0.2, 0) is 6.54 Å². The van der Waals surface area contributed by atoms with E-state index in [4.69, 9.17) is 9.84 Å². The molecule has 0 fully saturated rings. The fraction of sp³-hybridized carbons (Fsp3) is 0.192. The second kappa shape index (κ2) is 7.96. The van der Waals surface area contributed by atoms with Crippen molar-refractivity contribution >= 4 is 0 Å². The fourth-order valence-corrected chi connectivity index (χ4v) is 3.79. The van der Waals surface area contributed by atoms with Gasteiger partial charge < -0.3 is 4.74 Å². The second-order valence-electron chi connectivity index (χ2n) is 7.57. The first-order chi connectivity index (χ1) is 14.0. The van der Waals surface area contributed by atoms with Crippen LogP contribution < -0.4 is 4.74 Å². The lowest BCUT2D eigenvalue weighted by Crippen LogP contribution is -2.04. The van der Waals surface area contributed by atoms with E-state index >= 15 is 0 Å². The molecule has 0 aliphatic carbocycles. The zero-order chi connectivity index (χ0) is 20.4. The van der Waals surface area contributed by atoms with Gasteiger partial charge in [-0.3, -0.25) is 4.68 Å². The van der Waals surface area contributed by atoms with E-state index < -0.39 is 0 Å². The molecular weight excluding hydrogens is 356 g/mol. The Morgan fingerprint density at radius 2 is 1.41 bits per heavy atom. The minimum Gasteiger partial charge on any atom is -0.497 e. The molecule has 3 aromatic carbocycles. The number of ether oxygens (including phenoxy) is 1. The first-order valence-corrected chi connectivity index (χ1v) is 9.89. The van der Waals surface area contributed by atoms with Crippen LogP contribution >= 0.6 is 0 Å². The quantitative estimate of drug-likeness (QED) is 0.411. The van der Waals surface area contributed by atoms with E-state index in [0.29, 0.717) is 6.54 Å². The van der Waals surface area contributed by atoms with Crippen LogP contribution in [0.15, 0.2) is 72.8 Å². The van der Waals surface area contributed by atoms with Crippen LogP contribution in [0.25, 0.3) is 22.5 Å². The summed E-state index contributed by atoms with van der Waals surface area (Å²) in [6.07, 6.45) is 0. The third kappa shape index (κ3) is 3.95. The molecule has 0 aliphatic heterocycles. The Morgan fingerprint density at radius 3 is 2.03 bits per heavy atom. The van der Waals surface area contributed by atoms with Crippen LogP contribution in [0.3, 0.4) is 0 Å². The molecule has 29 heavy (non-hydrogen) atoms. The Balaban J connectivity index is 1.84. The number of hydrogen-bond acceptors (Lipinski definition) is 2. The summed E-state index contributed by atoms with van der Waals surface area (Å²) in [5, 5.41) is 5.05. The Hall–Kier alpha value is -3.33. The lowest BCUT2D eigenvalue weighted by Gasteiger charge is -2.10. The van der Waals surface area contributed by atoms with Gasteiger partial charge in [-0.05, 0) is 50.6 Å². The average Bonchev–Trinajstić information content (AvgIpc) is 3.04. The maximum atomic E-state index is 5.30. The summed E-state index contributed by atoms with van der Waals surface area (Å²) in [6, 6.07) is 25.4. The number of methoxy groups -OCH3 is 1. The van der Waals surface area contributed by atoms with Crippen LogP contribution in [-0.4, -0.2) is 16.9 Å². The van der Waals surface area contributed by atoms with Crippen molar-refractivity contribution in [2.75, 3.05) is 7.11 Å². The van der Waals surface area contributed by atoms with Gasteiger partial charge in [-0.25, -0.2) is 0 Å². The van der Waals surface area contributed by atoms with Crippen LogP contribution in [0.5, 0.6) is 5.75 Å². The summed E-state index contributed by atoms with van der Waals surface area (Å²) in [5.74, 6) is 0.866. The van der Waals surface area contributed by atoms with Gasteiger partial charge in [-0.1, -0.05) is 59.7 Å². The van der Waals surface area contributed by atoms with Gasteiger partial charge >= 0.3 is 0 Å². The van der Waals surface area contributed by atoms with Gasteiger partial charge in [0.1, 0.15) is 5.75 Å². The molecule has 0 spiro atoms. The van der Waals surface area contributed by atoms with Gasteiger partial charge in [-0.15, -0.1) is 0 Å². The van der Waals surface area contributed by atoms with Crippen molar-refractivity contribution < 1.29 is 4.74 Å². The molecule has 0 saturated heterocycles. The highest BCUT2D eigenvalue weighted by Crippen LogP contribution is 2.33. The number of hydrogen-bond donors (Lipinski definition) is 0. The zero-order valence-electron chi connectivity index (χ0n) is 17.4. The van der Waals surface area contributed by atoms with Gasteiger partial charge in [0.05, 0.1) is 25.0 Å². The molecule has 0 atom stereocenters. The standard InChI is InChI=1S/C26H26N2O/c1-18-7-5-9-22(15-18)25-20(3)26(23-10-6-8-19(2)16-23)28(27-25)17-21-11-13-24(29-4)14-12-21/h5-16H,17H2,1-4H3. The van der Waals surface area contributed by atoms with Gasteiger partial charge in [0.15, 0.2) is 0 Å². The highest BCUT2D eigenvalue weighted by Gasteiger charge is 2.18. The molecular formula is C26H26N2O. The van der Waals surface area contributed by atoms with Crippen LogP contribution in [0, 0.1) is 20.8 Å². The summed E-state index contributed by atoms with van der Waals surface area (Å²) in [5.41, 5.74) is 9.44. The molecule has 0 radical (unpaired) electrons. The number of benzene rings is 3. The monoisotopic (exact) mass is 382 g/mol. The summed E-state index contributed by atoms with van der Waals surface area (Å²) >= 11 is 0. The molecule has 1 heterocycles. The van der Waals surface area contributed by atoms with E-state index in [9.17, 15) is 0 Å². The molecule has 4 rings (SSSR count). The first-order valence-electron chi connectivity index (χ1n) is 9.89. The van der Waals surface area contributed by atoms with E-state index in [0.717, 1.165) is 17.0 Å². The smallest absolute Gasteiger partial charge is 0.118 e. The predicted molar refractivity (Wildman–Crippen MR) is 119 cm³/mol. The van der Waals surface area contributed by atoms with E-state index in [-0.39, 0.29) is 0 Å².